The Hall–Kier alpha value is -10.2. The Bertz CT molecular complexity index is 5610. The van der Waals surface area contributed by atoms with Gasteiger partial charge in [-0.05, 0) is 311 Å². The van der Waals surface area contributed by atoms with Crippen LogP contribution >= 0.6 is 0 Å². The van der Waals surface area contributed by atoms with Crippen LogP contribution in [-0.2, 0) is 30.9 Å². The third-order valence-corrected chi connectivity index (χ3v) is 27.9. The highest BCUT2D eigenvalue weighted by Crippen LogP contribution is 2.39. The van der Waals surface area contributed by atoms with Crippen LogP contribution in [0.4, 0.5) is 0 Å². The van der Waals surface area contributed by atoms with Crippen LogP contribution in [0.2, 0.25) is 0 Å². The Balaban J connectivity index is 0.000000549. The minimum atomic E-state index is -3.33. The zero-order valence-corrected chi connectivity index (χ0v) is 99.5. The molecule has 20 heteroatoms. The van der Waals surface area contributed by atoms with Crippen LogP contribution in [-0.4, -0.2) is 117 Å². The monoisotopic (exact) mass is 2050 g/mol. The summed E-state index contributed by atoms with van der Waals surface area (Å²) in [5.74, 6) is 14.1. The average Bonchev–Trinajstić information content (AvgIpc) is 1.34. The molecule has 3 N–H and O–H groups in total. The number of ether oxygens (including phenoxy) is 11. The second-order valence-corrected chi connectivity index (χ2v) is 45.6. The lowest BCUT2D eigenvalue weighted by Gasteiger charge is -2.23. The fourth-order valence-electron chi connectivity index (χ4n) is 14.8. The molecule has 1 fully saturated rings. The van der Waals surface area contributed by atoms with Crippen LogP contribution in [0.15, 0.2) is 192 Å². The summed E-state index contributed by atoms with van der Waals surface area (Å²) in [4.78, 5) is 0.785. The van der Waals surface area contributed by atoms with E-state index in [0.29, 0.717) is 87.9 Å². The number of aliphatic hydroxyl groups is 1. The average molecular weight is 2060 g/mol. The van der Waals surface area contributed by atoms with E-state index in [4.69, 9.17) is 57.2 Å². The number of nitrogens with one attached hydrogen (secondary N) is 2. The van der Waals surface area contributed by atoms with Crippen LogP contribution < -0.4 is 61.5 Å². The summed E-state index contributed by atoms with van der Waals surface area (Å²) >= 11 is 0. The molecule has 1 aliphatic rings. The number of hydrogen-bond acceptors (Lipinski definition) is 16. The lowest BCUT2D eigenvalue weighted by molar-refractivity contribution is 0.196. The fourth-order valence-corrected chi connectivity index (χ4v) is 17.6. The van der Waals surface area contributed by atoms with Gasteiger partial charge in [-0.2, -0.15) is 0 Å². The second-order valence-electron chi connectivity index (χ2n) is 42.2. The molecular weight excluding hydrogens is 1860 g/mol. The zero-order chi connectivity index (χ0) is 111. The topological polar surface area (TPSA) is 214 Å². The predicted octanol–water partition coefficient (Wildman–Crippen LogP) is 32.8. The van der Waals surface area contributed by atoms with Crippen molar-refractivity contribution in [1.82, 2.24) is 9.44 Å². The van der Waals surface area contributed by atoms with E-state index >= 15 is 0 Å². The first-order chi connectivity index (χ1) is 68.5. The van der Waals surface area contributed by atoms with Crippen LogP contribution in [0, 0.1) is 34.6 Å². The van der Waals surface area contributed by atoms with Gasteiger partial charge in [0.05, 0.1) is 86.0 Å². The van der Waals surface area contributed by atoms with E-state index in [0.717, 1.165) is 120 Å². The molecule has 0 aliphatic heterocycles. The Kier molecular flexibility index (Phi) is 59.8. The van der Waals surface area contributed by atoms with E-state index in [9.17, 15) is 16.8 Å². The Morgan fingerprint density at radius 1 is 0.288 bits per heavy atom. The first kappa shape index (κ1) is 132. The van der Waals surface area contributed by atoms with E-state index in [1.54, 1.807) is 68.8 Å². The number of hydrogen-bond donors (Lipinski definition) is 3. The summed E-state index contributed by atoms with van der Waals surface area (Å²) in [6.45, 7) is 77.8. The van der Waals surface area contributed by atoms with Crippen LogP contribution in [0.25, 0.3) is 0 Å². The summed E-state index contributed by atoms with van der Waals surface area (Å²) in [5, 5.41) is 8.67. The Labute approximate surface area is 887 Å². The number of aryl methyl sites for hydroxylation is 5. The molecule has 0 heterocycles. The summed E-state index contributed by atoms with van der Waals surface area (Å²) in [6.07, 6.45) is 5.15. The number of methoxy groups -OCH3 is 7. The molecular formula is C126H192N2O16S2. The van der Waals surface area contributed by atoms with Crippen molar-refractivity contribution in [2.24, 2.45) is 0 Å². The molecule has 146 heavy (non-hydrogen) atoms. The molecule has 0 amide bonds. The highest BCUT2D eigenvalue weighted by atomic mass is 32.2. The van der Waals surface area contributed by atoms with Gasteiger partial charge in [0.1, 0.15) is 12.4 Å². The van der Waals surface area contributed by atoms with Crippen molar-refractivity contribution in [3.05, 3.63) is 277 Å². The number of sulfonamides is 2. The molecule has 1 aliphatic carbocycles. The molecule has 18 nitrogen and oxygen atoms in total. The SMILES string of the molecule is CCCCOc1cc(C(C)C)ccc1OC.CCCOc1ccc(C(C)C)cc1OC.CCNS(=O)(=O)c1ccc(C(C)C)cc1C.CCOc1cc(C(C)C)ccc1OC.COc1cc(C(C)C)ccc1C(C)(C)C.COc1cc(C(C)C)ccc1OCCO.COc1ccc(C(C)C)cc1OC.Cc1cc(C(C)C)ccc1C(C)(C)C.Cc1cc(C(C)C)ccc1S(=O)(=O)NC1CC1.Cc1ccc(C(C)C)cc1C. The van der Waals surface area contributed by atoms with Crippen LogP contribution in [0.5, 0.6) is 63.2 Å². The number of aliphatic hydroxyl groups excluding tert-OH is 1. The van der Waals surface area contributed by atoms with Crippen molar-refractivity contribution in [2.45, 2.75) is 360 Å². The van der Waals surface area contributed by atoms with E-state index in [2.05, 4.69) is 315 Å². The highest BCUT2D eigenvalue weighted by Gasteiger charge is 2.30. The summed E-state index contributed by atoms with van der Waals surface area (Å²) in [6, 6.07) is 61.6. The van der Waals surface area contributed by atoms with Crippen molar-refractivity contribution in [3.63, 3.8) is 0 Å². The molecule has 0 saturated heterocycles. The summed E-state index contributed by atoms with van der Waals surface area (Å²) < 4.78 is 112. The lowest BCUT2D eigenvalue weighted by Crippen LogP contribution is -2.26. The number of benzene rings is 10. The van der Waals surface area contributed by atoms with Crippen molar-refractivity contribution in [2.75, 3.05) is 89.3 Å². The van der Waals surface area contributed by atoms with Gasteiger partial charge in [-0.1, -0.05) is 310 Å². The van der Waals surface area contributed by atoms with Gasteiger partial charge < -0.3 is 57.2 Å². The maximum absolute atomic E-state index is 12.1. The van der Waals surface area contributed by atoms with Crippen molar-refractivity contribution in [3.8, 4) is 63.2 Å². The van der Waals surface area contributed by atoms with Gasteiger partial charge in [0.2, 0.25) is 20.0 Å². The molecule has 814 valence electrons. The minimum absolute atomic E-state index is 0.00901. The van der Waals surface area contributed by atoms with Gasteiger partial charge in [-0.25, -0.2) is 26.3 Å². The van der Waals surface area contributed by atoms with Gasteiger partial charge in [-0.3, -0.25) is 0 Å². The molecule has 0 unspecified atom stereocenters. The zero-order valence-electron chi connectivity index (χ0n) is 97.8. The maximum Gasteiger partial charge on any atom is 0.241 e. The van der Waals surface area contributed by atoms with Gasteiger partial charge in [0.15, 0.2) is 57.5 Å². The third-order valence-electron chi connectivity index (χ3n) is 24.5. The molecule has 1 saturated carbocycles. The molecule has 0 spiro atoms. The molecule has 0 bridgehead atoms. The van der Waals surface area contributed by atoms with Gasteiger partial charge in [-0.15, -0.1) is 0 Å². The largest absolute Gasteiger partial charge is 0.496 e. The first-order valence-electron chi connectivity index (χ1n) is 52.7. The van der Waals surface area contributed by atoms with E-state index < -0.39 is 20.0 Å². The normalized spacial score (nSPS) is 11.7. The number of rotatable bonds is 35. The quantitative estimate of drug-likeness (QED) is 0.0315. The summed E-state index contributed by atoms with van der Waals surface area (Å²) in [7, 11) is 5.02. The molecule has 0 atom stereocenters. The minimum Gasteiger partial charge on any atom is -0.496 e. The predicted molar refractivity (Wildman–Crippen MR) is 616 cm³/mol. The van der Waals surface area contributed by atoms with E-state index in [1.807, 2.05) is 99.6 Å². The molecule has 0 radical (unpaired) electrons. The Morgan fingerprint density at radius 2 is 0.562 bits per heavy atom. The maximum atomic E-state index is 12.1. The van der Waals surface area contributed by atoms with Crippen LogP contribution in [0.3, 0.4) is 0 Å². The van der Waals surface area contributed by atoms with Crippen molar-refractivity contribution >= 4 is 20.0 Å². The molecule has 10 aromatic carbocycles. The van der Waals surface area contributed by atoms with Gasteiger partial charge in [0, 0.05) is 12.6 Å². The summed E-state index contributed by atoms with van der Waals surface area (Å²) in [5.41, 5.74) is 21.8. The third kappa shape index (κ3) is 46.3. The van der Waals surface area contributed by atoms with Gasteiger partial charge in [0.25, 0.3) is 0 Å². The molecule has 11 rings (SSSR count). The van der Waals surface area contributed by atoms with Crippen LogP contribution in [0.1, 0.15) is 394 Å². The smallest absolute Gasteiger partial charge is 0.241 e. The van der Waals surface area contributed by atoms with Crippen molar-refractivity contribution in [1.29, 1.82) is 0 Å². The fraction of sp³-hybridized carbons (Fsp3) is 0.524. The standard InChI is InChI=1S/C14H22O2.C14H22O.C14H22.C13H19NO2S.C13H20O2.C12H19NO2S.C12H18O3.C12H18O2.C11H16O2.C11H16/c1-5-6-9-16-14-10-12(11(2)3)7-8-13(14)15-4;1-10(2)11-7-8-12(14(3,4)5)13(9-11)15-6;1-10(2)12-7-8-13(11(3)9-12)14(4,5)6;1-9(2)11-4-7-13(10(3)8-11)17(15,16)14-12-5-6-12;1-5-8-15-12-7-6-11(10(2)3)9-13(12)14-4;1-5-13-16(14,15)12-7-6-11(9(2)3)8-10(12)4;1-9(2)10-4-5-11(15-7-6-13)12(8-10)14-3;1-5-14-12-8-10(9(2)3)6-7-11(12)13-4;1-8(2)9-5-6-10(12-3)11(7-9)13-4;1-8(2)11-6-5-9(3)10(4)7-11/h7-8,10-11H,5-6,9H2,1-4H3;7-10H,1-6H3;7-10H,1-6H3;4,7-9,12,14H,5-6H2,1-3H3;6-7,9-10H,5,8H2,1-4H3;6-9,13H,5H2,1-4H3;4-5,8-9,13H,6-7H2,1-3H3;6-9H,5H2,1-4H3;5-8H,1-4H3;5-8H,1-4H3. The van der Waals surface area contributed by atoms with E-state index in [1.165, 1.54) is 77.9 Å². The molecule has 0 aromatic heterocycles. The lowest BCUT2D eigenvalue weighted by atomic mass is 9.83. The second kappa shape index (κ2) is 66.3. The highest BCUT2D eigenvalue weighted by molar-refractivity contribution is 7.89. The Morgan fingerprint density at radius 3 is 0.863 bits per heavy atom. The van der Waals surface area contributed by atoms with Gasteiger partial charge >= 0.3 is 0 Å². The van der Waals surface area contributed by atoms with Crippen molar-refractivity contribution < 1.29 is 74.0 Å². The first-order valence-corrected chi connectivity index (χ1v) is 55.6. The van der Waals surface area contributed by atoms with E-state index in [-0.39, 0.29) is 30.1 Å². The number of unbranched alkanes of at least 4 members (excludes halogenated alkanes) is 1. The molecule has 10 aromatic rings.